The predicted octanol–water partition coefficient (Wildman–Crippen LogP) is -0.108. The minimum absolute atomic E-state index is 0.287. The second-order valence-corrected chi connectivity index (χ2v) is 1.54. The summed E-state index contributed by atoms with van der Waals surface area (Å²) >= 11 is 0. The van der Waals surface area contributed by atoms with Crippen molar-refractivity contribution in [2.75, 3.05) is 0 Å². The molecule has 3 N–H and O–H groups in total. The van der Waals surface area contributed by atoms with Gasteiger partial charge in [-0.25, -0.2) is 0 Å². The molecule has 0 saturated carbocycles. The molecule has 9 heavy (non-hydrogen) atoms. The van der Waals surface area contributed by atoms with Crippen LogP contribution in [0.4, 0.5) is 0 Å². The summed E-state index contributed by atoms with van der Waals surface area (Å²) < 4.78 is 0. The van der Waals surface area contributed by atoms with Gasteiger partial charge in [-0.1, -0.05) is 0 Å². The van der Waals surface area contributed by atoms with Gasteiger partial charge in [-0.05, 0) is 13.8 Å². The van der Waals surface area contributed by atoms with Crippen LogP contribution in [0.5, 0.6) is 0 Å². The van der Waals surface area contributed by atoms with Crippen LogP contribution in [-0.4, -0.2) is 6.04 Å². The average molecular weight is 126 g/mol. The molecule has 0 atom stereocenters. The Labute approximate surface area is 54.9 Å². The van der Waals surface area contributed by atoms with E-state index >= 15 is 0 Å². The third-order valence-corrected chi connectivity index (χ3v) is 0.353. The largest absolute Gasteiger partial charge is 0.337 e. The van der Waals surface area contributed by atoms with E-state index in [1.165, 1.54) is 6.19 Å². The van der Waals surface area contributed by atoms with Gasteiger partial charge < -0.3 is 11.1 Å². The van der Waals surface area contributed by atoms with Gasteiger partial charge in [0.2, 0.25) is 0 Å². The van der Waals surface area contributed by atoms with Crippen LogP contribution in [0.1, 0.15) is 13.8 Å². The lowest BCUT2D eigenvalue weighted by Crippen LogP contribution is -2.15. The molecule has 0 amide bonds. The molecule has 0 rings (SSSR count). The quantitative estimate of drug-likeness (QED) is 0.379. The van der Waals surface area contributed by atoms with Gasteiger partial charge in [0.05, 0.1) is 0 Å². The minimum Gasteiger partial charge on any atom is -0.337 e. The molecule has 0 aliphatic carbocycles. The van der Waals surface area contributed by atoms with Crippen LogP contribution in [0.3, 0.4) is 0 Å². The van der Waals surface area contributed by atoms with E-state index in [-0.39, 0.29) is 6.04 Å². The molecular formula is C5H10N4. The maximum Gasteiger partial charge on any atom is 0.176 e. The number of rotatable bonds is 1. The van der Waals surface area contributed by atoms with E-state index in [2.05, 4.69) is 11.1 Å². The number of nitrogens with two attached hydrogens (primary N) is 1. The van der Waals surface area contributed by atoms with Gasteiger partial charge in [0.25, 0.3) is 0 Å². The highest BCUT2D eigenvalue weighted by molar-refractivity contribution is 4.67. The summed E-state index contributed by atoms with van der Waals surface area (Å²) in [5.41, 5.74) is 4.15. The molecule has 0 saturated heterocycles. The van der Waals surface area contributed by atoms with E-state index in [9.17, 15) is 0 Å². The maximum absolute atomic E-state index is 7.88. The average Bonchev–Trinajstić information content (AvgIpc) is 1.67. The van der Waals surface area contributed by atoms with Crippen molar-refractivity contribution in [3.05, 3.63) is 0 Å². The zero-order chi connectivity index (χ0) is 7.70. The molecule has 0 radical (unpaired) electrons. The van der Waals surface area contributed by atoms with Gasteiger partial charge >= 0.3 is 0 Å². The Balaban J connectivity index is 0. The van der Waals surface area contributed by atoms with Gasteiger partial charge in [-0.2, -0.15) is 10.5 Å². The highest BCUT2D eigenvalue weighted by atomic mass is 14.9. The molecule has 0 aliphatic rings. The fourth-order valence-corrected chi connectivity index (χ4v) is 0.129. The van der Waals surface area contributed by atoms with Crippen LogP contribution in [-0.2, 0) is 0 Å². The molecular weight excluding hydrogens is 116 g/mol. The lowest BCUT2D eigenvalue weighted by atomic mass is 10.4. The Hall–Kier alpha value is -1.42. The summed E-state index contributed by atoms with van der Waals surface area (Å²) in [5.74, 6) is 0. The minimum atomic E-state index is 0.287. The van der Waals surface area contributed by atoms with E-state index in [4.69, 9.17) is 10.5 Å². The number of nitrogens with one attached hydrogen (secondary N) is 1. The molecule has 0 aromatic carbocycles. The predicted molar refractivity (Wildman–Crippen MR) is 33.7 cm³/mol. The van der Waals surface area contributed by atoms with E-state index in [1.807, 2.05) is 20.0 Å². The SMILES string of the molecule is CC(C)NC#N.N#CN. The topological polar surface area (TPSA) is 85.6 Å². The Bertz CT molecular complexity index is 116. The molecule has 50 valence electrons. The van der Waals surface area contributed by atoms with Gasteiger partial charge in [0, 0.05) is 6.04 Å². The Morgan fingerprint density at radius 3 is 1.78 bits per heavy atom. The van der Waals surface area contributed by atoms with Gasteiger partial charge in [0.15, 0.2) is 12.4 Å². The first kappa shape index (κ1) is 10.5. The number of nitrogens with zero attached hydrogens (tertiary/aromatic N) is 2. The molecule has 0 bridgehead atoms. The standard InChI is InChI=1S/C4H8N2.CH2N2/c1-4(2)6-3-5;2-1-3/h4,6H,1-2H3;2H2. The molecule has 0 aliphatic heterocycles. The van der Waals surface area contributed by atoms with Crippen molar-refractivity contribution < 1.29 is 0 Å². The second kappa shape index (κ2) is 9.77. The Morgan fingerprint density at radius 2 is 1.78 bits per heavy atom. The Morgan fingerprint density at radius 1 is 1.44 bits per heavy atom. The highest BCUT2D eigenvalue weighted by Gasteiger charge is 1.81. The number of nitriles is 2. The molecule has 0 unspecified atom stereocenters. The van der Waals surface area contributed by atoms with Crippen molar-refractivity contribution in [1.82, 2.24) is 5.32 Å². The van der Waals surface area contributed by atoms with Gasteiger partial charge in [0.1, 0.15) is 0 Å². The zero-order valence-corrected chi connectivity index (χ0v) is 5.55. The molecule has 0 aromatic heterocycles. The summed E-state index contributed by atoms with van der Waals surface area (Å²) in [6.07, 6.45) is 3.07. The van der Waals surface area contributed by atoms with E-state index in [0.29, 0.717) is 0 Å². The fourth-order valence-electron chi connectivity index (χ4n) is 0.129. The molecule has 0 fully saturated rings. The van der Waals surface area contributed by atoms with Crippen LogP contribution >= 0.6 is 0 Å². The molecule has 0 heterocycles. The summed E-state index contributed by atoms with van der Waals surface area (Å²) in [7, 11) is 0. The molecule has 4 heteroatoms. The van der Waals surface area contributed by atoms with Crippen molar-refractivity contribution in [1.29, 1.82) is 10.5 Å². The first-order chi connectivity index (χ1) is 4.18. The first-order valence-corrected chi connectivity index (χ1v) is 2.43. The molecule has 0 spiro atoms. The van der Waals surface area contributed by atoms with E-state index in [1.54, 1.807) is 0 Å². The van der Waals surface area contributed by atoms with E-state index in [0.717, 1.165) is 0 Å². The zero-order valence-electron chi connectivity index (χ0n) is 5.55. The highest BCUT2D eigenvalue weighted by Crippen LogP contribution is 1.68. The van der Waals surface area contributed by atoms with Crippen LogP contribution in [0.15, 0.2) is 0 Å². The van der Waals surface area contributed by atoms with Crippen molar-refractivity contribution in [2.24, 2.45) is 5.73 Å². The first-order valence-electron chi connectivity index (χ1n) is 2.43. The van der Waals surface area contributed by atoms with Crippen LogP contribution in [0, 0.1) is 22.9 Å². The lowest BCUT2D eigenvalue weighted by molar-refractivity contribution is 0.714. The Kier molecular flexibility index (Phi) is 11.4. The summed E-state index contributed by atoms with van der Waals surface area (Å²) in [5, 5.41) is 17.5. The fraction of sp³-hybridized carbons (Fsp3) is 0.600. The summed E-state index contributed by atoms with van der Waals surface area (Å²) in [6, 6.07) is 0.287. The summed E-state index contributed by atoms with van der Waals surface area (Å²) in [6.45, 7) is 3.84. The van der Waals surface area contributed by atoms with Crippen LogP contribution < -0.4 is 11.1 Å². The van der Waals surface area contributed by atoms with Crippen LogP contribution in [0.2, 0.25) is 0 Å². The number of hydrogen-bond acceptors (Lipinski definition) is 4. The third-order valence-electron chi connectivity index (χ3n) is 0.353. The molecule has 0 aromatic rings. The molecule has 4 nitrogen and oxygen atoms in total. The van der Waals surface area contributed by atoms with Crippen molar-refractivity contribution >= 4 is 0 Å². The lowest BCUT2D eigenvalue weighted by Gasteiger charge is -1.94. The number of hydrogen-bond donors (Lipinski definition) is 2. The second-order valence-electron chi connectivity index (χ2n) is 1.54. The maximum atomic E-state index is 7.88. The van der Waals surface area contributed by atoms with Crippen molar-refractivity contribution in [3.8, 4) is 12.4 Å². The third kappa shape index (κ3) is 55.3. The van der Waals surface area contributed by atoms with Crippen LogP contribution in [0.25, 0.3) is 0 Å². The van der Waals surface area contributed by atoms with Crippen molar-refractivity contribution in [2.45, 2.75) is 19.9 Å². The van der Waals surface area contributed by atoms with Gasteiger partial charge in [-0.3, -0.25) is 0 Å². The monoisotopic (exact) mass is 126 g/mol. The summed E-state index contributed by atoms with van der Waals surface area (Å²) in [4.78, 5) is 0. The van der Waals surface area contributed by atoms with Crippen molar-refractivity contribution in [3.63, 3.8) is 0 Å². The normalized spacial score (nSPS) is 5.89. The van der Waals surface area contributed by atoms with Gasteiger partial charge in [-0.15, -0.1) is 0 Å². The van der Waals surface area contributed by atoms with E-state index < -0.39 is 0 Å². The smallest absolute Gasteiger partial charge is 0.176 e.